The first kappa shape index (κ1) is 18.4. The van der Waals surface area contributed by atoms with Crippen LogP contribution in [0, 0.1) is 13.8 Å². The number of aromatic nitrogens is 3. The minimum absolute atomic E-state index is 0.0898. The second-order valence-corrected chi connectivity index (χ2v) is 7.65. The van der Waals surface area contributed by atoms with E-state index in [4.69, 9.17) is 4.52 Å². The van der Waals surface area contributed by atoms with Crippen LogP contribution in [0.3, 0.4) is 0 Å². The van der Waals surface area contributed by atoms with Crippen LogP contribution >= 0.6 is 0 Å². The van der Waals surface area contributed by atoms with Crippen molar-refractivity contribution in [2.24, 2.45) is 0 Å². The van der Waals surface area contributed by atoms with Gasteiger partial charge in [-0.3, -0.25) is 9.59 Å². The van der Waals surface area contributed by atoms with Crippen LogP contribution in [0.1, 0.15) is 33.1 Å². The van der Waals surface area contributed by atoms with Crippen molar-refractivity contribution in [2.75, 3.05) is 23.3 Å². The predicted octanol–water partition coefficient (Wildman–Crippen LogP) is 2.10. The monoisotopic (exact) mass is 406 g/mol. The maximum absolute atomic E-state index is 13.2. The molecule has 0 aromatic carbocycles. The van der Waals surface area contributed by atoms with E-state index in [-0.39, 0.29) is 18.4 Å². The zero-order valence-electron chi connectivity index (χ0n) is 16.9. The highest BCUT2D eigenvalue weighted by molar-refractivity contribution is 6.04. The Morgan fingerprint density at radius 1 is 1.30 bits per heavy atom. The van der Waals surface area contributed by atoms with Gasteiger partial charge >= 0.3 is 0 Å². The number of amides is 2. The molecular weight excluding hydrogens is 384 g/mol. The molecule has 154 valence electrons. The van der Waals surface area contributed by atoms with Crippen LogP contribution in [0.4, 0.5) is 11.5 Å². The molecule has 9 nitrogen and oxygen atoms in total. The van der Waals surface area contributed by atoms with Crippen LogP contribution in [0.2, 0.25) is 0 Å². The summed E-state index contributed by atoms with van der Waals surface area (Å²) in [7, 11) is 0. The highest BCUT2D eigenvalue weighted by atomic mass is 16.5. The molecule has 1 N–H and O–H groups in total. The first-order chi connectivity index (χ1) is 14.5. The first-order valence-corrected chi connectivity index (χ1v) is 9.90. The van der Waals surface area contributed by atoms with Crippen molar-refractivity contribution >= 4 is 23.3 Å². The van der Waals surface area contributed by atoms with Crippen molar-refractivity contribution in [2.45, 2.75) is 33.5 Å². The third kappa shape index (κ3) is 3.02. The molecule has 2 aliphatic rings. The fourth-order valence-electron chi connectivity index (χ4n) is 4.03. The molecule has 30 heavy (non-hydrogen) atoms. The summed E-state index contributed by atoms with van der Waals surface area (Å²) in [5.41, 5.74) is 3.78. The summed E-state index contributed by atoms with van der Waals surface area (Å²) in [6, 6.07) is 5.77. The molecule has 0 fully saturated rings. The van der Waals surface area contributed by atoms with Crippen molar-refractivity contribution in [1.29, 1.82) is 0 Å². The van der Waals surface area contributed by atoms with Crippen LogP contribution in [0.15, 0.2) is 35.1 Å². The largest absolute Gasteiger partial charge is 0.361 e. The lowest BCUT2D eigenvalue weighted by Gasteiger charge is -2.31. The molecular formula is C21H22N6O3. The molecule has 5 heterocycles. The Morgan fingerprint density at radius 3 is 2.97 bits per heavy atom. The molecule has 2 amide bonds. The summed E-state index contributed by atoms with van der Waals surface area (Å²) in [5, 5.41) is 7.01. The maximum Gasteiger partial charge on any atom is 0.255 e. The third-order valence-electron chi connectivity index (χ3n) is 5.79. The van der Waals surface area contributed by atoms with E-state index in [1.165, 1.54) is 0 Å². The van der Waals surface area contributed by atoms with Crippen LogP contribution in [-0.4, -0.2) is 44.5 Å². The fraction of sp³-hybridized carbons (Fsp3) is 0.333. The lowest BCUT2D eigenvalue weighted by atomic mass is 10.1. The molecule has 0 saturated heterocycles. The fourth-order valence-corrected chi connectivity index (χ4v) is 4.03. The summed E-state index contributed by atoms with van der Waals surface area (Å²) >= 11 is 0. The molecule has 2 aliphatic heterocycles. The van der Waals surface area contributed by atoms with Gasteiger partial charge in [0.1, 0.15) is 5.76 Å². The average molecular weight is 406 g/mol. The van der Waals surface area contributed by atoms with Gasteiger partial charge in [0.2, 0.25) is 5.91 Å². The highest BCUT2D eigenvalue weighted by Crippen LogP contribution is 2.31. The Morgan fingerprint density at radius 2 is 2.17 bits per heavy atom. The molecule has 0 aliphatic carbocycles. The molecule has 0 spiro atoms. The van der Waals surface area contributed by atoms with E-state index < -0.39 is 0 Å². The Bertz CT molecular complexity index is 1130. The quantitative estimate of drug-likeness (QED) is 0.716. The van der Waals surface area contributed by atoms with Gasteiger partial charge in [0, 0.05) is 36.7 Å². The van der Waals surface area contributed by atoms with Gasteiger partial charge in [0.05, 0.1) is 36.6 Å². The van der Waals surface area contributed by atoms with Gasteiger partial charge in [-0.2, -0.15) is 0 Å². The van der Waals surface area contributed by atoms with Gasteiger partial charge in [-0.1, -0.05) is 5.16 Å². The van der Waals surface area contributed by atoms with E-state index in [0.717, 1.165) is 23.5 Å². The molecule has 0 unspecified atom stereocenters. The first-order valence-electron chi connectivity index (χ1n) is 9.90. The Kier molecular flexibility index (Phi) is 4.30. The number of carbonyl (C=O) groups excluding carboxylic acids is 2. The van der Waals surface area contributed by atoms with Crippen molar-refractivity contribution in [3.8, 4) is 0 Å². The van der Waals surface area contributed by atoms with Gasteiger partial charge in [0.15, 0.2) is 5.82 Å². The number of aryl methyl sites for hydroxylation is 2. The van der Waals surface area contributed by atoms with E-state index in [1.807, 2.05) is 37.1 Å². The van der Waals surface area contributed by atoms with E-state index in [9.17, 15) is 9.59 Å². The van der Waals surface area contributed by atoms with Crippen LogP contribution in [-0.2, 0) is 24.4 Å². The summed E-state index contributed by atoms with van der Waals surface area (Å²) < 4.78 is 7.40. The van der Waals surface area contributed by atoms with E-state index >= 15 is 0 Å². The highest BCUT2D eigenvalue weighted by Gasteiger charge is 2.29. The number of rotatable bonds is 3. The van der Waals surface area contributed by atoms with E-state index in [2.05, 4.69) is 20.0 Å². The number of anilines is 2. The normalized spacial score (nSPS) is 15.6. The molecule has 0 bridgehead atoms. The summed E-state index contributed by atoms with van der Waals surface area (Å²) in [6.07, 6.45) is 3.60. The molecule has 5 rings (SSSR count). The van der Waals surface area contributed by atoms with Crippen molar-refractivity contribution in [3.63, 3.8) is 0 Å². The topological polar surface area (TPSA) is 96.5 Å². The average Bonchev–Trinajstić information content (AvgIpc) is 3.35. The van der Waals surface area contributed by atoms with E-state index in [0.29, 0.717) is 42.5 Å². The second-order valence-electron chi connectivity index (χ2n) is 7.65. The van der Waals surface area contributed by atoms with Crippen molar-refractivity contribution in [3.05, 3.63) is 58.9 Å². The number of fused-ring (bicyclic) bond motifs is 2. The minimum Gasteiger partial charge on any atom is -0.361 e. The molecule has 0 radical (unpaired) electrons. The van der Waals surface area contributed by atoms with Gasteiger partial charge < -0.3 is 24.2 Å². The third-order valence-corrected chi connectivity index (χ3v) is 5.79. The lowest BCUT2D eigenvalue weighted by Crippen LogP contribution is -2.41. The number of nitrogens with one attached hydrogen (secondary N) is 1. The van der Waals surface area contributed by atoms with Crippen molar-refractivity contribution in [1.82, 2.24) is 19.6 Å². The molecule has 3 aromatic rings. The van der Waals surface area contributed by atoms with Crippen molar-refractivity contribution < 1.29 is 14.1 Å². The van der Waals surface area contributed by atoms with Gasteiger partial charge in [0.25, 0.3) is 5.91 Å². The van der Waals surface area contributed by atoms with E-state index in [1.54, 1.807) is 17.2 Å². The Hall–Kier alpha value is -3.62. The number of nitrogens with zero attached hydrogens (tertiary/aromatic N) is 5. The van der Waals surface area contributed by atoms with Gasteiger partial charge in [-0.25, -0.2) is 4.98 Å². The smallest absolute Gasteiger partial charge is 0.255 e. The van der Waals surface area contributed by atoms with Crippen LogP contribution in [0.5, 0.6) is 0 Å². The number of hydrogen-bond donors (Lipinski definition) is 1. The SMILES string of the molecule is Cc1noc(C)c1CN1C(=O)CNc2ncc(C(=O)N3CCn4cccc4C3)cc21. The standard InChI is InChI=1S/C21H22N6O3/c1-13-17(14(2)30-24-13)12-27-18-8-15(9-22-20(18)23-10-19(27)28)21(29)26-7-6-25-5-3-4-16(25)11-26/h3-5,8-9H,6-7,10-12H2,1-2H3,(H,22,23). The molecule has 0 saturated carbocycles. The predicted molar refractivity (Wildman–Crippen MR) is 109 cm³/mol. The zero-order valence-corrected chi connectivity index (χ0v) is 16.9. The number of hydrogen-bond acceptors (Lipinski definition) is 6. The summed E-state index contributed by atoms with van der Waals surface area (Å²) in [6.45, 7) is 6.12. The van der Waals surface area contributed by atoms with Gasteiger partial charge in [-0.15, -0.1) is 0 Å². The minimum atomic E-state index is -0.0929. The summed E-state index contributed by atoms with van der Waals surface area (Å²) in [5.74, 6) is 1.08. The number of pyridine rings is 1. The lowest BCUT2D eigenvalue weighted by molar-refractivity contribution is -0.117. The van der Waals surface area contributed by atoms with Crippen LogP contribution < -0.4 is 10.2 Å². The second kappa shape index (κ2) is 7.01. The van der Waals surface area contributed by atoms with Gasteiger partial charge in [-0.05, 0) is 32.0 Å². The molecule has 0 atom stereocenters. The Labute approximate surface area is 173 Å². The summed E-state index contributed by atoms with van der Waals surface area (Å²) in [4.78, 5) is 33.7. The maximum atomic E-state index is 13.2. The Balaban J connectivity index is 1.45. The zero-order chi connectivity index (χ0) is 20.8. The molecule has 3 aromatic heterocycles. The van der Waals surface area contributed by atoms with Crippen LogP contribution in [0.25, 0.3) is 0 Å². The molecule has 9 heteroatoms. The number of carbonyl (C=O) groups is 2.